The Hall–Kier alpha value is -3.20. The molecule has 0 spiro atoms. The second-order valence-electron chi connectivity index (χ2n) is 6.34. The minimum atomic E-state index is -0.366. The Morgan fingerprint density at radius 3 is 2.47 bits per heavy atom. The first-order valence-electron chi connectivity index (χ1n) is 9.65. The second-order valence-corrected chi connectivity index (χ2v) is 7.28. The fourth-order valence-corrected chi connectivity index (χ4v) is 3.49. The van der Waals surface area contributed by atoms with E-state index in [-0.39, 0.29) is 17.6 Å². The standard InChI is InChI=1S/C21H23N5O3S/c1-3-13-29-20(28)16-5-7-17(8-6-16)23-18(27)14-30-21-25-24-19(26(21)4-2)15-9-11-22-12-10-15/h5-12H,3-4,13-14H2,1-2H3,(H,23,27). The normalized spacial score (nSPS) is 10.6. The lowest BCUT2D eigenvalue weighted by molar-refractivity contribution is -0.113. The van der Waals surface area contributed by atoms with Gasteiger partial charge in [0.05, 0.1) is 17.9 Å². The lowest BCUT2D eigenvalue weighted by atomic mass is 10.2. The summed E-state index contributed by atoms with van der Waals surface area (Å²) in [5, 5.41) is 12.0. The third-order valence-corrected chi connectivity index (χ3v) is 5.11. The van der Waals surface area contributed by atoms with Gasteiger partial charge in [0.2, 0.25) is 5.91 Å². The van der Waals surface area contributed by atoms with Crippen LogP contribution >= 0.6 is 11.8 Å². The maximum Gasteiger partial charge on any atom is 0.338 e. The predicted octanol–water partition coefficient (Wildman–Crippen LogP) is 3.66. The first-order chi connectivity index (χ1) is 14.6. The van der Waals surface area contributed by atoms with Crippen LogP contribution in [0, 0.1) is 0 Å². The highest BCUT2D eigenvalue weighted by molar-refractivity contribution is 7.99. The Morgan fingerprint density at radius 2 is 1.80 bits per heavy atom. The number of benzene rings is 1. The van der Waals surface area contributed by atoms with Gasteiger partial charge in [0.25, 0.3) is 0 Å². The Bertz CT molecular complexity index is 990. The van der Waals surface area contributed by atoms with Gasteiger partial charge >= 0.3 is 5.97 Å². The summed E-state index contributed by atoms with van der Waals surface area (Å²) in [5.74, 6) is 0.398. The molecule has 0 aliphatic heterocycles. The number of amides is 1. The number of aromatic nitrogens is 4. The number of anilines is 1. The van der Waals surface area contributed by atoms with E-state index in [1.54, 1.807) is 36.7 Å². The van der Waals surface area contributed by atoms with Gasteiger partial charge in [-0.25, -0.2) is 4.79 Å². The van der Waals surface area contributed by atoms with E-state index in [9.17, 15) is 9.59 Å². The van der Waals surface area contributed by atoms with Gasteiger partial charge in [-0.05, 0) is 49.7 Å². The average Bonchev–Trinajstić information content (AvgIpc) is 3.20. The molecule has 0 atom stereocenters. The molecule has 2 heterocycles. The Morgan fingerprint density at radius 1 is 1.07 bits per heavy atom. The second kappa shape index (κ2) is 10.5. The molecule has 1 aromatic carbocycles. The van der Waals surface area contributed by atoms with E-state index in [0.717, 1.165) is 17.8 Å². The van der Waals surface area contributed by atoms with Crippen LogP contribution in [-0.2, 0) is 16.1 Å². The lowest BCUT2D eigenvalue weighted by Gasteiger charge is -2.08. The molecule has 0 saturated heterocycles. The highest BCUT2D eigenvalue weighted by Gasteiger charge is 2.15. The summed E-state index contributed by atoms with van der Waals surface area (Å²) in [6.07, 6.45) is 4.19. The molecule has 0 fully saturated rings. The van der Waals surface area contributed by atoms with Crippen molar-refractivity contribution in [2.75, 3.05) is 17.7 Å². The predicted molar refractivity (Wildman–Crippen MR) is 115 cm³/mol. The van der Waals surface area contributed by atoms with Crippen LogP contribution in [0.25, 0.3) is 11.4 Å². The number of carbonyl (C=O) groups is 2. The molecule has 0 saturated carbocycles. The smallest absolute Gasteiger partial charge is 0.338 e. The molecule has 2 aromatic heterocycles. The Balaban J connectivity index is 1.57. The maximum absolute atomic E-state index is 12.3. The number of nitrogens with one attached hydrogen (secondary N) is 1. The van der Waals surface area contributed by atoms with Crippen LogP contribution < -0.4 is 5.32 Å². The summed E-state index contributed by atoms with van der Waals surface area (Å²) in [4.78, 5) is 28.2. The van der Waals surface area contributed by atoms with Crippen molar-refractivity contribution in [1.29, 1.82) is 0 Å². The molecule has 9 heteroatoms. The van der Waals surface area contributed by atoms with Gasteiger partial charge in [-0.15, -0.1) is 10.2 Å². The van der Waals surface area contributed by atoms with E-state index in [1.165, 1.54) is 11.8 Å². The van der Waals surface area contributed by atoms with Crippen LogP contribution in [-0.4, -0.2) is 44.0 Å². The summed E-state index contributed by atoms with van der Waals surface area (Å²) in [6, 6.07) is 10.4. The number of hydrogen-bond donors (Lipinski definition) is 1. The van der Waals surface area contributed by atoms with Gasteiger partial charge < -0.3 is 14.6 Å². The summed E-state index contributed by atoms with van der Waals surface area (Å²) in [7, 11) is 0. The molecule has 0 unspecified atom stereocenters. The molecule has 30 heavy (non-hydrogen) atoms. The molecule has 0 bridgehead atoms. The fourth-order valence-electron chi connectivity index (χ4n) is 2.69. The highest BCUT2D eigenvalue weighted by atomic mass is 32.2. The van der Waals surface area contributed by atoms with Crippen LogP contribution in [0.1, 0.15) is 30.6 Å². The first kappa shape index (κ1) is 21.5. The van der Waals surface area contributed by atoms with Gasteiger partial charge in [-0.2, -0.15) is 0 Å². The van der Waals surface area contributed by atoms with Crippen molar-refractivity contribution in [2.45, 2.75) is 32.0 Å². The lowest BCUT2D eigenvalue weighted by Crippen LogP contribution is -2.15. The summed E-state index contributed by atoms with van der Waals surface area (Å²) in [6.45, 7) is 5.02. The maximum atomic E-state index is 12.3. The van der Waals surface area contributed by atoms with Crippen LogP contribution in [0.3, 0.4) is 0 Å². The van der Waals surface area contributed by atoms with Gasteiger partial charge in [0.1, 0.15) is 0 Å². The summed E-state index contributed by atoms with van der Waals surface area (Å²) < 4.78 is 7.06. The minimum Gasteiger partial charge on any atom is -0.462 e. The molecule has 1 N–H and O–H groups in total. The number of esters is 1. The number of ether oxygens (including phenoxy) is 1. The highest BCUT2D eigenvalue weighted by Crippen LogP contribution is 2.23. The molecular formula is C21H23N5O3S. The zero-order valence-corrected chi connectivity index (χ0v) is 17.7. The van der Waals surface area contributed by atoms with Gasteiger partial charge in [-0.1, -0.05) is 18.7 Å². The van der Waals surface area contributed by atoms with Crippen molar-refractivity contribution in [3.63, 3.8) is 0 Å². The minimum absolute atomic E-state index is 0.169. The SMILES string of the molecule is CCCOC(=O)c1ccc(NC(=O)CSc2nnc(-c3ccncc3)n2CC)cc1. The monoisotopic (exact) mass is 425 g/mol. The van der Waals surface area contributed by atoms with E-state index in [2.05, 4.69) is 20.5 Å². The van der Waals surface area contributed by atoms with Crippen LogP contribution in [0.4, 0.5) is 5.69 Å². The van der Waals surface area contributed by atoms with Crippen molar-refractivity contribution in [2.24, 2.45) is 0 Å². The van der Waals surface area contributed by atoms with Crippen molar-refractivity contribution >= 4 is 29.3 Å². The Kier molecular flexibility index (Phi) is 7.56. The zero-order chi connectivity index (χ0) is 21.3. The molecule has 3 rings (SSSR count). The third kappa shape index (κ3) is 5.44. The van der Waals surface area contributed by atoms with Gasteiger partial charge in [0, 0.05) is 30.2 Å². The van der Waals surface area contributed by atoms with E-state index in [1.807, 2.05) is 30.5 Å². The number of nitrogens with zero attached hydrogens (tertiary/aromatic N) is 4. The van der Waals surface area contributed by atoms with Crippen LogP contribution in [0.15, 0.2) is 53.9 Å². The molecular weight excluding hydrogens is 402 g/mol. The first-order valence-corrected chi connectivity index (χ1v) is 10.6. The molecule has 0 aliphatic rings. The number of thioether (sulfide) groups is 1. The quantitative estimate of drug-likeness (QED) is 0.413. The van der Waals surface area contributed by atoms with Crippen molar-refractivity contribution < 1.29 is 14.3 Å². The van der Waals surface area contributed by atoms with Crippen molar-refractivity contribution in [1.82, 2.24) is 19.7 Å². The van der Waals surface area contributed by atoms with Gasteiger partial charge in [0.15, 0.2) is 11.0 Å². The molecule has 8 nitrogen and oxygen atoms in total. The largest absolute Gasteiger partial charge is 0.462 e. The summed E-state index contributed by atoms with van der Waals surface area (Å²) in [5.41, 5.74) is 1.99. The number of hydrogen-bond acceptors (Lipinski definition) is 7. The molecule has 3 aromatic rings. The number of carbonyl (C=O) groups excluding carboxylic acids is 2. The zero-order valence-electron chi connectivity index (χ0n) is 16.9. The number of rotatable bonds is 9. The third-order valence-electron chi connectivity index (χ3n) is 4.15. The summed E-state index contributed by atoms with van der Waals surface area (Å²) >= 11 is 1.32. The van der Waals surface area contributed by atoms with E-state index >= 15 is 0 Å². The molecule has 156 valence electrons. The van der Waals surface area contributed by atoms with Crippen LogP contribution in [0.5, 0.6) is 0 Å². The van der Waals surface area contributed by atoms with E-state index < -0.39 is 0 Å². The van der Waals surface area contributed by atoms with Crippen LogP contribution in [0.2, 0.25) is 0 Å². The van der Waals surface area contributed by atoms with E-state index in [4.69, 9.17) is 4.74 Å². The van der Waals surface area contributed by atoms with Crippen molar-refractivity contribution in [3.8, 4) is 11.4 Å². The fraction of sp³-hybridized carbons (Fsp3) is 0.286. The molecule has 1 amide bonds. The Labute approximate surface area is 179 Å². The average molecular weight is 426 g/mol. The number of pyridine rings is 1. The topological polar surface area (TPSA) is 99.0 Å². The van der Waals surface area contributed by atoms with Crippen molar-refractivity contribution in [3.05, 3.63) is 54.4 Å². The van der Waals surface area contributed by atoms with E-state index in [0.29, 0.717) is 29.6 Å². The van der Waals surface area contributed by atoms with Gasteiger partial charge in [-0.3, -0.25) is 9.78 Å². The molecule has 0 aliphatic carbocycles. The molecule has 0 radical (unpaired) electrons.